The van der Waals surface area contributed by atoms with Crippen LogP contribution in [0, 0.1) is 5.41 Å². The Bertz CT molecular complexity index is 264. The lowest BCUT2D eigenvalue weighted by molar-refractivity contribution is 0.410. The van der Waals surface area contributed by atoms with Gasteiger partial charge in [-0.3, -0.25) is 0 Å². The second-order valence-electron chi connectivity index (χ2n) is 5.07. The van der Waals surface area contributed by atoms with Gasteiger partial charge >= 0.3 is 0 Å². The van der Waals surface area contributed by atoms with Gasteiger partial charge in [-0.15, -0.1) is 0 Å². The van der Waals surface area contributed by atoms with E-state index in [0.717, 1.165) is 6.42 Å². The maximum atomic E-state index is 2.38. The predicted octanol–water partition coefficient (Wildman–Crippen LogP) is 5.04. The molecule has 0 saturated carbocycles. The van der Waals surface area contributed by atoms with Crippen LogP contribution in [-0.2, 0) is 0 Å². The maximum absolute atomic E-state index is 2.38. The van der Waals surface area contributed by atoms with Crippen molar-refractivity contribution in [1.29, 1.82) is 0 Å². The average molecular weight is 204 g/mol. The lowest BCUT2D eigenvalue weighted by Crippen LogP contribution is -2.12. The Hall–Kier alpha value is -0.780. The number of allylic oxidation sites excluding steroid dienone is 6. The van der Waals surface area contributed by atoms with E-state index in [1.54, 1.807) is 0 Å². The van der Waals surface area contributed by atoms with E-state index in [1.807, 2.05) is 0 Å². The molecule has 0 aromatic carbocycles. The highest BCUT2D eigenvalue weighted by Crippen LogP contribution is 2.31. The molecule has 0 aliphatic heterocycles. The topological polar surface area (TPSA) is 0 Å². The summed E-state index contributed by atoms with van der Waals surface area (Å²) in [5.41, 5.74) is 1.89. The highest BCUT2D eigenvalue weighted by molar-refractivity contribution is 5.11. The van der Waals surface area contributed by atoms with Crippen molar-refractivity contribution >= 4 is 0 Å². The van der Waals surface area contributed by atoms with E-state index in [0.29, 0.717) is 5.41 Å². The zero-order valence-electron chi connectivity index (χ0n) is 10.4. The Morgan fingerprint density at radius 3 is 2.27 bits per heavy atom. The fourth-order valence-corrected chi connectivity index (χ4v) is 1.80. The normalized spacial score (nSPS) is 22.7. The van der Waals surface area contributed by atoms with Gasteiger partial charge in [0.1, 0.15) is 0 Å². The van der Waals surface area contributed by atoms with Gasteiger partial charge in [0.15, 0.2) is 0 Å². The smallest absolute Gasteiger partial charge is 0.0144 e. The summed E-state index contributed by atoms with van der Waals surface area (Å²) in [6.07, 6.45) is 17.6. The summed E-state index contributed by atoms with van der Waals surface area (Å²) >= 11 is 0. The van der Waals surface area contributed by atoms with Crippen LogP contribution in [0.3, 0.4) is 0 Å². The van der Waals surface area contributed by atoms with Crippen LogP contribution in [0.2, 0.25) is 0 Å². The van der Waals surface area contributed by atoms with E-state index in [2.05, 4.69) is 51.2 Å². The summed E-state index contributed by atoms with van der Waals surface area (Å²) in [6, 6.07) is 0. The molecule has 0 nitrogen and oxygen atoms in total. The van der Waals surface area contributed by atoms with Crippen molar-refractivity contribution in [3.05, 3.63) is 36.0 Å². The molecule has 0 atom stereocenters. The first-order valence-electron chi connectivity index (χ1n) is 6.10. The standard InChI is InChI=1S/C15H24/c1-14-12-10-8-6-4-5-7-9-11-13-15(14,2)3/h6-9,12H,4-5,10-11,13H2,1-3H3. The molecule has 0 spiro atoms. The van der Waals surface area contributed by atoms with Crippen LogP contribution in [-0.4, -0.2) is 0 Å². The van der Waals surface area contributed by atoms with Crippen molar-refractivity contribution in [3.8, 4) is 0 Å². The fourth-order valence-electron chi connectivity index (χ4n) is 1.80. The minimum Gasteiger partial charge on any atom is -0.0885 e. The van der Waals surface area contributed by atoms with Crippen molar-refractivity contribution < 1.29 is 0 Å². The third kappa shape index (κ3) is 4.51. The van der Waals surface area contributed by atoms with Crippen LogP contribution in [0.25, 0.3) is 0 Å². The summed E-state index contributed by atoms with van der Waals surface area (Å²) < 4.78 is 0. The molecule has 15 heavy (non-hydrogen) atoms. The van der Waals surface area contributed by atoms with Gasteiger partial charge in [0.2, 0.25) is 0 Å². The highest BCUT2D eigenvalue weighted by atomic mass is 14.2. The quantitative estimate of drug-likeness (QED) is 0.485. The van der Waals surface area contributed by atoms with Crippen LogP contribution in [0.4, 0.5) is 0 Å². The van der Waals surface area contributed by atoms with E-state index in [9.17, 15) is 0 Å². The Balaban J connectivity index is 2.70. The molecule has 0 N–H and O–H groups in total. The van der Waals surface area contributed by atoms with Gasteiger partial charge in [0.25, 0.3) is 0 Å². The van der Waals surface area contributed by atoms with Gasteiger partial charge in [0, 0.05) is 0 Å². The van der Waals surface area contributed by atoms with Crippen molar-refractivity contribution in [1.82, 2.24) is 0 Å². The minimum absolute atomic E-state index is 0.359. The van der Waals surface area contributed by atoms with Crippen LogP contribution < -0.4 is 0 Å². The molecule has 0 fully saturated rings. The van der Waals surface area contributed by atoms with Gasteiger partial charge in [-0.2, -0.15) is 0 Å². The molecular formula is C15H24. The largest absolute Gasteiger partial charge is 0.0885 e. The monoisotopic (exact) mass is 204 g/mol. The summed E-state index contributed by atoms with van der Waals surface area (Å²) in [7, 11) is 0. The summed E-state index contributed by atoms with van der Waals surface area (Å²) in [4.78, 5) is 0. The summed E-state index contributed by atoms with van der Waals surface area (Å²) in [5, 5.41) is 0. The molecule has 0 aromatic rings. The lowest BCUT2D eigenvalue weighted by atomic mass is 9.80. The maximum Gasteiger partial charge on any atom is -0.0144 e. The summed E-state index contributed by atoms with van der Waals surface area (Å²) in [6.45, 7) is 6.97. The number of hydrogen-bond donors (Lipinski definition) is 0. The van der Waals surface area contributed by atoms with Crippen molar-refractivity contribution in [2.45, 2.75) is 52.9 Å². The van der Waals surface area contributed by atoms with Gasteiger partial charge in [0.05, 0.1) is 0 Å². The van der Waals surface area contributed by atoms with Crippen molar-refractivity contribution in [3.63, 3.8) is 0 Å². The third-order valence-corrected chi connectivity index (χ3v) is 3.40. The van der Waals surface area contributed by atoms with Gasteiger partial charge in [-0.1, -0.05) is 49.8 Å². The molecule has 0 bridgehead atoms. The van der Waals surface area contributed by atoms with E-state index in [-0.39, 0.29) is 0 Å². The molecule has 0 radical (unpaired) electrons. The molecule has 0 amide bonds. The minimum atomic E-state index is 0.359. The van der Waals surface area contributed by atoms with Crippen LogP contribution in [0.5, 0.6) is 0 Å². The second-order valence-corrected chi connectivity index (χ2v) is 5.07. The first-order valence-corrected chi connectivity index (χ1v) is 6.10. The first-order chi connectivity index (χ1) is 7.13. The Labute approximate surface area is 94.8 Å². The molecule has 84 valence electrons. The first kappa shape index (κ1) is 12.3. The molecule has 0 saturated heterocycles. The zero-order valence-corrected chi connectivity index (χ0v) is 10.4. The van der Waals surface area contributed by atoms with E-state index >= 15 is 0 Å². The molecule has 0 unspecified atom stereocenters. The van der Waals surface area contributed by atoms with E-state index in [1.165, 1.54) is 31.3 Å². The third-order valence-electron chi connectivity index (χ3n) is 3.40. The van der Waals surface area contributed by atoms with Crippen LogP contribution in [0.1, 0.15) is 52.9 Å². The van der Waals surface area contributed by atoms with Gasteiger partial charge in [-0.05, 0) is 44.4 Å². The Kier molecular flexibility index (Phi) is 4.87. The van der Waals surface area contributed by atoms with E-state index in [4.69, 9.17) is 0 Å². The Morgan fingerprint density at radius 1 is 0.933 bits per heavy atom. The molecule has 1 aliphatic rings. The molecule has 1 aliphatic carbocycles. The molecule has 0 aromatic heterocycles. The molecule has 0 heteroatoms. The SMILES string of the molecule is CC1=CCC=CCCC=CCCC1(C)C. The highest BCUT2D eigenvalue weighted by Gasteiger charge is 2.18. The number of rotatable bonds is 0. The average Bonchev–Trinajstić information content (AvgIpc) is 2.18. The molecule has 1 rings (SSSR count). The van der Waals surface area contributed by atoms with Crippen molar-refractivity contribution in [2.75, 3.05) is 0 Å². The number of hydrogen-bond acceptors (Lipinski definition) is 0. The second kappa shape index (κ2) is 5.95. The summed E-state index contributed by atoms with van der Waals surface area (Å²) in [5.74, 6) is 0. The Morgan fingerprint density at radius 2 is 1.53 bits per heavy atom. The zero-order chi connectivity index (χ0) is 11.1. The lowest BCUT2D eigenvalue weighted by Gasteiger charge is -2.25. The predicted molar refractivity (Wildman–Crippen MR) is 68.9 cm³/mol. The van der Waals surface area contributed by atoms with E-state index < -0.39 is 0 Å². The molecule has 0 heterocycles. The van der Waals surface area contributed by atoms with Crippen LogP contribution in [0.15, 0.2) is 36.0 Å². The van der Waals surface area contributed by atoms with Crippen molar-refractivity contribution in [2.24, 2.45) is 5.41 Å². The van der Waals surface area contributed by atoms with Gasteiger partial charge in [-0.25, -0.2) is 0 Å². The van der Waals surface area contributed by atoms with Gasteiger partial charge < -0.3 is 0 Å². The van der Waals surface area contributed by atoms with Crippen LogP contribution >= 0.6 is 0 Å². The molecular weight excluding hydrogens is 180 g/mol. The fraction of sp³-hybridized carbons (Fsp3) is 0.600.